The van der Waals surface area contributed by atoms with Crippen molar-refractivity contribution in [2.24, 2.45) is 0 Å². The monoisotopic (exact) mass is 257 g/mol. The van der Waals surface area contributed by atoms with E-state index in [9.17, 15) is 4.21 Å². The van der Waals surface area contributed by atoms with Gasteiger partial charge in [-0.15, -0.1) is 0 Å². The highest BCUT2D eigenvalue weighted by Gasteiger charge is 2.10. The zero-order valence-electron chi connectivity index (χ0n) is 9.54. The quantitative estimate of drug-likeness (QED) is 0.909. The maximum absolute atomic E-state index is 12.1. The molecule has 90 valence electrons. The van der Waals surface area contributed by atoms with Crippen LogP contribution in [-0.4, -0.2) is 9.19 Å². The molecule has 1 aromatic heterocycles. The van der Waals surface area contributed by atoms with Crippen molar-refractivity contribution in [2.75, 3.05) is 5.73 Å². The van der Waals surface area contributed by atoms with E-state index in [1.807, 2.05) is 6.07 Å². The number of anilines is 1. The van der Waals surface area contributed by atoms with Crippen LogP contribution in [-0.2, 0) is 16.6 Å². The van der Waals surface area contributed by atoms with Crippen LogP contribution in [0.25, 0.3) is 0 Å². The van der Waals surface area contributed by atoms with Gasteiger partial charge in [-0.05, 0) is 29.8 Å². The topological polar surface area (TPSA) is 79.8 Å². The lowest BCUT2D eigenvalue weighted by Crippen LogP contribution is -2.03. The molecular formula is C13H11N3OS. The molecule has 0 fully saturated rings. The van der Waals surface area contributed by atoms with Gasteiger partial charge in [0.15, 0.2) is 0 Å². The van der Waals surface area contributed by atoms with Crippen molar-refractivity contribution in [2.45, 2.75) is 10.8 Å². The van der Waals surface area contributed by atoms with Gasteiger partial charge in [0.1, 0.15) is 5.03 Å². The van der Waals surface area contributed by atoms with E-state index in [0.717, 1.165) is 5.56 Å². The van der Waals surface area contributed by atoms with Gasteiger partial charge in [-0.25, -0.2) is 4.98 Å². The Bertz CT molecular complexity index is 634. The van der Waals surface area contributed by atoms with Crippen molar-refractivity contribution in [1.29, 1.82) is 5.26 Å². The number of pyridine rings is 1. The number of nitriles is 1. The predicted molar refractivity (Wildman–Crippen MR) is 69.9 cm³/mol. The highest BCUT2D eigenvalue weighted by atomic mass is 32.2. The second-order valence-electron chi connectivity index (χ2n) is 3.70. The number of nitrogens with two attached hydrogens (primary N) is 1. The molecule has 0 radical (unpaired) electrons. The minimum atomic E-state index is -1.30. The Balaban J connectivity index is 2.22. The second-order valence-corrected chi connectivity index (χ2v) is 5.07. The van der Waals surface area contributed by atoms with Gasteiger partial charge in [-0.1, -0.05) is 12.1 Å². The van der Waals surface area contributed by atoms with Crippen LogP contribution >= 0.6 is 0 Å². The van der Waals surface area contributed by atoms with E-state index < -0.39 is 10.8 Å². The summed E-state index contributed by atoms with van der Waals surface area (Å²) in [5, 5.41) is 9.19. The van der Waals surface area contributed by atoms with Gasteiger partial charge in [0.05, 0.1) is 33.9 Å². The minimum Gasteiger partial charge on any atom is -0.396 e. The first-order chi connectivity index (χ1) is 8.70. The van der Waals surface area contributed by atoms with Crippen molar-refractivity contribution in [3.63, 3.8) is 0 Å². The first kappa shape index (κ1) is 12.3. The number of nitrogens with zero attached hydrogens (tertiary/aromatic N) is 2. The number of nitrogen functional groups attached to an aromatic ring is 1. The molecule has 0 aliphatic heterocycles. The van der Waals surface area contributed by atoms with E-state index in [0.29, 0.717) is 22.0 Å². The summed E-state index contributed by atoms with van der Waals surface area (Å²) in [7, 11) is -1.30. The molecule has 4 nitrogen and oxygen atoms in total. The van der Waals surface area contributed by atoms with E-state index >= 15 is 0 Å². The minimum absolute atomic E-state index is 0.302. The summed E-state index contributed by atoms with van der Waals surface area (Å²) in [6.45, 7) is 0. The van der Waals surface area contributed by atoms with Gasteiger partial charge < -0.3 is 5.73 Å². The summed E-state index contributed by atoms with van der Waals surface area (Å²) in [5.41, 5.74) is 7.53. The van der Waals surface area contributed by atoms with Crippen LogP contribution in [0, 0.1) is 11.3 Å². The van der Waals surface area contributed by atoms with Crippen LogP contribution in [0.3, 0.4) is 0 Å². The van der Waals surface area contributed by atoms with E-state index in [1.165, 1.54) is 0 Å². The fourth-order valence-electron chi connectivity index (χ4n) is 1.54. The molecule has 2 aromatic rings. The third-order valence-corrected chi connectivity index (χ3v) is 3.74. The average molecular weight is 257 g/mol. The number of hydrogen-bond acceptors (Lipinski definition) is 4. The molecule has 1 aromatic carbocycles. The van der Waals surface area contributed by atoms with Crippen molar-refractivity contribution >= 4 is 16.5 Å². The molecule has 0 amide bonds. The lowest BCUT2D eigenvalue weighted by molar-refractivity contribution is 0.680. The summed E-state index contributed by atoms with van der Waals surface area (Å²) in [6, 6.07) is 12.5. The standard InChI is InChI=1S/C13H11N3OS/c14-8-10-3-1-4-11(7-10)9-18(17)13-12(15)5-2-6-16-13/h1-7H,9,15H2. The van der Waals surface area contributed by atoms with Crippen LogP contribution in [0.15, 0.2) is 47.6 Å². The van der Waals surface area contributed by atoms with Gasteiger partial charge in [0.2, 0.25) is 0 Å². The molecule has 1 unspecified atom stereocenters. The van der Waals surface area contributed by atoms with Crippen molar-refractivity contribution in [3.8, 4) is 6.07 Å². The molecule has 0 bridgehead atoms. The molecule has 0 spiro atoms. The fraction of sp³-hybridized carbons (Fsp3) is 0.0769. The van der Waals surface area contributed by atoms with Crippen molar-refractivity contribution in [3.05, 3.63) is 53.7 Å². The first-order valence-electron chi connectivity index (χ1n) is 5.28. The molecule has 1 heterocycles. The number of rotatable bonds is 3. The SMILES string of the molecule is N#Cc1cccc(CS(=O)c2ncccc2N)c1. The maximum atomic E-state index is 12.1. The van der Waals surface area contributed by atoms with Gasteiger partial charge in [-0.2, -0.15) is 5.26 Å². The molecule has 0 aliphatic rings. The summed E-state index contributed by atoms with van der Waals surface area (Å²) in [6.07, 6.45) is 1.56. The highest BCUT2D eigenvalue weighted by Crippen LogP contribution is 2.16. The molecule has 0 saturated heterocycles. The molecule has 5 heteroatoms. The molecule has 18 heavy (non-hydrogen) atoms. The zero-order chi connectivity index (χ0) is 13.0. The van der Waals surface area contributed by atoms with Gasteiger partial charge >= 0.3 is 0 Å². The number of benzene rings is 1. The van der Waals surface area contributed by atoms with Crippen LogP contribution in [0.5, 0.6) is 0 Å². The highest BCUT2D eigenvalue weighted by molar-refractivity contribution is 7.84. The van der Waals surface area contributed by atoms with Crippen LogP contribution in [0.1, 0.15) is 11.1 Å². The Kier molecular flexibility index (Phi) is 3.70. The lowest BCUT2D eigenvalue weighted by atomic mass is 10.2. The Morgan fingerprint density at radius 3 is 2.89 bits per heavy atom. The molecule has 0 saturated carbocycles. The second kappa shape index (κ2) is 5.43. The van der Waals surface area contributed by atoms with E-state index in [4.69, 9.17) is 11.0 Å². The molecule has 1 atom stereocenters. The van der Waals surface area contributed by atoms with E-state index in [2.05, 4.69) is 11.1 Å². The third-order valence-electron chi connectivity index (χ3n) is 2.37. The summed E-state index contributed by atoms with van der Waals surface area (Å²) in [4.78, 5) is 4.03. The lowest BCUT2D eigenvalue weighted by Gasteiger charge is -2.04. The molecule has 0 aliphatic carbocycles. The van der Waals surface area contributed by atoms with Crippen LogP contribution in [0.2, 0.25) is 0 Å². The summed E-state index contributed by atoms with van der Waals surface area (Å²) < 4.78 is 12.1. The maximum Gasteiger partial charge on any atom is 0.150 e. The number of hydrogen-bond donors (Lipinski definition) is 1. The number of aromatic nitrogens is 1. The Labute approximate surface area is 108 Å². The molecule has 2 rings (SSSR count). The predicted octanol–water partition coefficient (Wildman–Crippen LogP) is 1.84. The van der Waals surface area contributed by atoms with Crippen LogP contribution in [0.4, 0.5) is 5.69 Å². The Morgan fingerprint density at radius 1 is 1.33 bits per heavy atom. The molecular weight excluding hydrogens is 246 g/mol. The van der Waals surface area contributed by atoms with Crippen molar-refractivity contribution in [1.82, 2.24) is 4.98 Å². The summed E-state index contributed by atoms with van der Waals surface area (Å²) in [5.74, 6) is 0.302. The van der Waals surface area contributed by atoms with Gasteiger partial charge in [-0.3, -0.25) is 4.21 Å². The van der Waals surface area contributed by atoms with E-state index in [1.54, 1.807) is 36.5 Å². The zero-order valence-corrected chi connectivity index (χ0v) is 10.4. The first-order valence-corrected chi connectivity index (χ1v) is 6.60. The smallest absolute Gasteiger partial charge is 0.150 e. The summed E-state index contributed by atoms with van der Waals surface area (Å²) >= 11 is 0. The van der Waals surface area contributed by atoms with Gasteiger partial charge in [0, 0.05) is 6.20 Å². The average Bonchev–Trinajstić information content (AvgIpc) is 2.39. The van der Waals surface area contributed by atoms with Crippen LogP contribution < -0.4 is 5.73 Å². The fourth-order valence-corrected chi connectivity index (χ4v) is 2.67. The van der Waals surface area contributed by atoms with Crippen molar-refractivity contribution < 1.29 is 4.21 Å². The normalized spacial score (nSPS) is 11.7. The largest absolute Gasteiger partial charge is 0.396 e. The molecule has 2 N–H and O–H groups in total. The van der Waals surface area contributed by atoms with E-state index in [-0.39, 0.29) is 0 Å². The van der Waals surface area contributed by atoms with Gasteiger partial charge in [0.25, 0.3) is 0 Å². The Hall–Kier alpha value is -2.19. The Morgan fingerprint density at radius 2 is 2.17 bits per heavy atom. The third kappa shape index (κ3) is 2.73.